The first-order chi connectivity index (χ1) is 13.0. The molecule has 7 nitrogen and oxygen atoms in total. The highest BCUT2D eigenvalue weighted by atomic mass is 32.1. The molecular formula is C20H34N2O5S. The fourth-order valence-electron chi connectivity index (χ4n) is 2.78. The minimum absolute atomic E-state index is 0.109. The first-order valence-corrected chi connectivity index (χ1v) is 10.7. The zero-order valence-corrected chi connectivity index (χ0v) is 18.8. The van der Waals surface area contributed by atoms with Gasteiger partial charge in [0.15, 0.2) is 5.69 Å². The van der Waals surface area contributed by atoms with Crippen molar-refractivity contribution in [2.24, 2.45) is 5.92 Å². The quantitative estimate of drug-likeness (QED) is 0.602. The van der Waals surface area contributed by atoms with Gasteiger partial charge in [-0.2, -0.15) is 0 Å². The Morgan fingerprint density at radius 2 is 1.93 bits per heavy atom. The van der Waals surface area contributed by atoms with E-state index in [1.54, 1.807) is 17.2 Å². The van der Waals surface area contributed by atoms with E-state index < -0.39 is 17.7 Å². The van der Waals surface area contributed by atoms with Gasteiger partial charge in [0.1, 0.15) is 16.7 Å². The van der Waals surface area contributed by atoms with Gasteiger partial charge in [0.2, 0.25) is 0 Å². The summed E-state index contributed by atoms with van der Waals surface area (Å²) in [6.45, 7) is 14.1. The molecule has 0 radical (unpaired) electrons. The maximum Gasteiger partial charge on any atom is 0.410 e. The van der Waals surface area contributed by atoms with Crippen LogP contribution in [0.1, 0.15) is 82.9 Å². The number of aromatic nitrogens is 1. The zero-order chi connectivity index (χ0) is 21.5. The topological polar surface area (TPSA) is 89.0 Å². The number of aliphatic hydroxyl groups is 1. The lowest BCUT2D eigenvalue weighted by Crippen LogP contribution is -2.46. The van der Waals surface area contributed by atoms with Crippen LogP contribution >= 0.6 is 11.3 Å². The lowest BCUT2D eigenvalue weighted by atomic mass is 9.96. The van der Waals surface area contributed by atoms with Crippen molar-refractivity contribution in [1.29, 1.82) is 0 Å². The highest BCUT2D eigenvalue weighted by molar-refractivity contribution is 7.09. The number of hydrogen-bond donors (Lipinski definition) is 1. The van der Waals surface area contributed by atoms with Gasteiger partial charge in [0.25, 0.3) is 0 Å². The van der Waals surface area contributed by atoms with Crippen molar-refractivity contribution < 1.29 is 24.2 Å². The van der Waals surface area contributed by atoms with E-state index in [0.717, 1.165) is 6.42 Å². The van der Waals surface area contributed by atoms with E-state index in [1.165, 1.54) is 11.3 Å². The highest BCUT2D eigenvalue weighted by Gasteiger charge is 2.32. The summed E-state index contributed by atoms with van der Waals surface area (Å²) in [4.78, 5) is 30.4. The fourth-order valence-corrected chi connectivity index (χ4v) is 3.57. The third-order valence-electron chi connectivity index (χ3n) is 4.02. The Morgan fingerprint density at radius 1 is 1.29 bits per heavy atom. The van der Waals surface area contributed by atoms with Gasteiger partial charge in [-0.15, -0.1) is 11.3 Å². The summed E-state index contributed by atoms with van der Waals surface area (Å²) in [5.41, 5.74) is -0.396. The van der Waals surface area contributed by atoms with E-state index in [-0.39, 0.29) is 30.4 Å². The molecule has 1 rings (SSSR count). The van der Waals surface area contributed by atoms with Crippen LogP contribution in [0, 0.1) is 5.92 Å². The zero-order valence-electron chi connectivity index (χ0n) is 18.0. The molecule has 1 aromatic rings. The van der Waals surface area contributed by atoms with Crippen molar-refractivity contribution >= 4 is 23.4 Å². The van der Waals surface area contributed by atoms with Gasteiger partial charge in [0.05, 0.1) is 6.61 Å². The van der Waals surface area contributed by atoms with Gasteiger partial charge in [-0.05, 0) is 40.0 Å². The van der Waals surface area contributed by atoms with Crippen LogP contribution in [0.3, 0.4) is 0 Å². The second kappa shape index (κ2) is 10.8. The van der Waals surface area contributed by atoms with Crippen molar-refractivity contribution in [3.05, 3.63) is 16.1 Å². The van der Waals surface area contributed by atoms with Crippen molar-refractivity contribution in [1.82, 2.24) is 9.88 Å². The number of ether oxygens (including phenoxy) is 2. The van der Waals surface area contributed by atoms with Crippen molar-refractivity contribution in [3.8, 4) is 0 Å². The average Bonchev–Trinajstić information content (AvgIpc) is 3.06. The van der Waals surface area contributed by atoms with Crippen LogP contribution in [0.5, 0.6) is 0 Å². The Morgan fingerprint density at radius 3 is 2.43 bits per heavy atom. The van der Waals surface area contributed by atoms with Gasteiger partial charge in [-0.1, -0.05) is 20.8 Å². The van der Waals surface area contributed by atoms with Crippen LogP contribution in [-0.4, -0.2) is 51.8 Å². The molecule has 0 aromatic carbocycles. The summed E-state index contributed by atoms with van der Waals surface area (Å²) < 4.78 is 10.5. The van der Waals surface area contributed by atoms with E-state index in [2.05, 4.69) is 4.98 Å². The highest BCUT2D eigenvalue weighted by Crippen LogP contribution is 2.28. The van der Waals surface area contributed by atoms with Crippen LogP contribution < -0.4 is 0 Å². The van der Waals surface area contributed by atoms with Crippen molar-refractivity contribution in [2.45, 2.75) is 79.1 Å². The average molecular weight is 415 g/mol. The van der Waals surface area contributed by atoms with Gasteiger partial charge in [0, 0.05) is 24.4 Å². The van der Waals surface area contributed by atoms with E-state index in [4.69, 9.17) is 9.47 Å². The molecule has 160 valence electrons. The molecule has 0 aliphatic carbocycles. The van der Waals surface area contributed by atoms with Gasteiger partial charge in [-0.3, -0.25) is 0 Å². The SMILES string of the molecule is CCCN(C(=O)OC(C)(C)C)[C@@H](C[C@H](O)c1nc(C(=O)OCC)cs1)C(C)C. The summed E-state index contributed by atoms with van der Waals surface area (Å²) in [5, 5.41) is 12.7. The maximum absolute atomic E-state index is 12.7. The molecular weight excluding hydrogens is 380 g/mol. The predicted octanol–water partition coefficient (Wildman–Crippen LogP) is 4.42. The lowest BCUT2D eigenvalue weighted by molar-refractivity contribution is 0.00305. The molecule has 2 atom stereocenters. The number of thiazole rings is 1. The Kier molecular flexibility index (Phi) is 9.36. The smallest absolute Gasteiger partial charge is 0.410 e. The normalized spacial score (nSPS) is 13.9. The standard InChI is InChI=1S/C20H34N2O5S/c1-8-10-22(19(25)27-20(5,6)7)15(13(3)4)11-16(23)17-21-14(12-28-17)18(24)26-9-2/h12-13,15-16,23H,8-11H2,1-7H3/t15-,16-/m0/s1. The minimum atomic E-state index is -0.887. The minimum Gasteiger partial charge on any atom is -0.461 e. The molecule has 0 saturated heterocycles. The summed E-state index contributed by atoms with van der Waals surface area (Å²) >= 11 is 1.21. The van der Waals surface area contributed by atoms with Crippen LogP contribution in [0.4, 0.5) is 4.79 Å². The van der Waals surface area contributed by atoms with E-state index >= 15 is 0 Å². The molecule has 0 spiro atoms. The van der Waals surface area contributed by atoms with E-state index in [9.17, 15) is 14.7 Å². The molecule has 1 N–H and O–H groups in total. The van der Waals surface area contributed by atoms with Gasteiger partial charge in [-0.25, -0.2) is 14.6 Å². The molecule has 28 heavy (non-hydrogen) atoms. The first-order valence-electron chi connectivity index (χ1n) is 9.80. The number of carbonyl (C=O) groups is 2. The van der Waals surface area contributed by atoms with Gasteiger partial charge < -0.3 is 19.5 Å². The number of hydrogen-bond acceptors (Lipinski definition) is 7. The molecule has 0 unspecified atom stereocenters. The molecule has 0 aliphatic heterocycles. The first kappa shape index (κ1) is 24.4. The Balaban J connectivity index is 2.97. The van der Waals surface area contributed by atoms with Crippen LogP contribution in [0.2, 0.25) is 0 Å². The van der Waals surface area contributed by atoms with Crippen LogP contribution in [0.25, 0.3) is 0 Å². The number of rotatable bonds is 9. The number of amides is 1. The lowest BCUT2D eigenvalue weighted by Gasteiger charge is -2.36. The Labute approximate surface area is 172 Å². The largest absolute Gasteiger partial charge is 0.461 e. The Bertz CT molecular complexity index is 639. The molecule has 0 saturated carbocycles. The number of nitrogens with zero attached hydrogens (tertiary/aromatic N) is 2. The summed E-state index contributed by atoms with van der Waals surface area (Å²) in [5.74, 6) is -0.391. The molecule has 0 fully saturated rings. The third kappa shape index (κ3) is 7.39. The number of carbonyl (C=O) groups excluding carboxylic acids is 2. The molecule has 8 heteroatoms. The van der Waals surface area contributed by atoms with Crippen molar-refractivity contribution in [3.63, 3.8) is 0 Å². The molecule has 0 aliphatic rings. The van der Waals surface area contributed by atoms with Crippen LogP contribution in [-0.2, 0) is 9.47 Å². The molecule has 1 amide bonds. The number of aliphatic hydroxyl groups excluding tert-OH is 1. The van der Waals surface area contributed by atoms with E-state index in [1.807, 2.05) is 41.5 Å². The van der Waals surface area contributed by atoms with Crippen LogP contribution in [0.15, 0.2) is 5.38 Å². The summed E-state index contributed by atoms with van der Waals surface area (Å²) in [7, 11) is 0. The van der Waals surface area contributed by atoms with Crippen molar-refractivity contribution in [2.75, 3.05) is 13.2 Å². The fraction of sp³-hybridized carbons (Fsp3) is 0.750. The summed E-state index contributed by atoms with van der Waals surface area (Å²) in [6.07, 6.45) is -0.177. The summed E-state index contributed by atoms with van der Waals surface area (Å²) in [6, 6.07) is -0.222. The predicted molar refractivity (Wildman–Crippen MR) is 110 cm³/mol. The molecule has 0 bridgehead atoms. The number of esters is 1. The molecule has 1 heterocycles. The monoisotopic (exact) mass is 414 g/mol. The second-order valence-electron chi connectivity index (χ2n) is 8.03. The third-order valence-corrected chi connectivity index (χ3v) is 4.96. The Hall–Kier alpha value is -1.67. The van der Waals surface area contributed by atoms with E-state index in [0.29, 0.717) is 18.0 Å². The molecule has 1 aromatic heterocycles. The maximum atomic E-state index is 12.7. The second-order valence-corrected chi connectivity index (χ2v) is 8.92. The van der Waals surface area contributed by atoms with Gasteiger partial charge >= 0.3 is 12.1 Å².